The zero-order chi connectivity index (χ0) is 12.1. The third-order valence-electron chi connectivity index (χ3n) is 2.61. The van der Waals surface area contributed by atoms with Gasteiger partial charge in [-0.15, -0.1) is 11.6 Å². The maximum absolute atomic E-state index is 8.69. The van der Waals surface area contributed by atoms with Crippen LogP contribution < -0.4 is 4.90 Å². The van der Waals surface area contributed by atoms with Crippen LogP contribution in [0, 0.1) is 11.3 Å². The zero-order valence-electron chi connectivity index (χ0n) is 9.37. The molecule has 1 unspecified atom stereocenters. The van der Waals surface area contributed by atoms with E-state index in [0.717, 1.165) is 15.7 Å². The van der Waals surface area contributed by atoms with Crippen LogP contribution in [-0.4, -0.2) is 13.1 Å². The Morgan fingerprint density at radius 2 is 2.25 bits per heavy atom. The first kappa shape index (κ1) is 13.3. The topological polar surface area (TPSA) is 27.0 Å². The second-order valence-corrected chi connectivity index (χ2v) is 4.91. The highest BCUT2D eigenvalue weighted by Crippen LogP contribution is 2.27. The Labute approximate surface area is 110 Å². The monoisotopic (exact) mass is 300 g/mol. The van der Waals surface area contributed by atoms with Crippen LogP contribution in [0.15, 0.2) is 22.7 Å². The van der Waals surface area contributed by atoms with Crippen molar-refractivity contribution in [3.8, 4) is 6.07 Å². The molecule has 2 nitrogen and oxygen atoms in total. The molecule has 0 heterocycles. The van der Waals surface area contributed by atoms with Gasteiger partial charge in [0.2, 0.25) is 0 Å². The fraction of sp³-hybridized carbons (Fsp3) is 0.417. The van der Waals surface area contributed by atoms with Crippen molar-refractivity contribution in [1.82, 2.24) is 0 Å². The molecular formula is C12H14BrClN2. The van der Waals surface area contributed by atoms with Crippen LogP contribution in [0.5, 0.6) is 0 Å². The van der Waals surface area contributed by atoms with Gasteiger partial charge in [0.1, 0.15) is 0 Å². The fourth-order valence-corrected chi connectivity index (χ4v) is 2.13. The molecule has 0 aromatic heterocycles. The van der Waals surface area contributed by atoms with Gasteiger partial charge in [-0.3, -0.25) is 0 Å². The van der Waals surface area contributed by atoms with E-state index in [1.165, 1.54) is 0 Å². The normalized spacial score (nSPS) is 11.9. The van der Waals surface area contributed by atoms with E-state index in [1.54, 1.807) is 0 Å². The Morgan fingerprint density at radius 3 is 2.81 bits per heavy atom. The number of hydrogen-bond acceptors (Lipinski definition) is 2. The van der Waals surface area contributed by atoms with Crippen molar-refractivity contribution in [3.05, 3.63) is 28.2 Å². The predicted molar refractivity (Wildman–Crippen MR) is 71.8 cm³/mol. The molecule has 1 aromatic rings. The van der Waals surface area contributed by atoms with Crippen molar-refractivity contribution in [1.29, 1.82) is 5.26 Å². The number of nitrogens with zero attached hydrogens (tertiary/aromatic N) is 2. The van der Waals surface area contributed by atoms with Crippen LogP contribution in [-0.2, 0) is 5.88 Å². The summed E-state index contributed by atoms with van der Waals surface area (Å²) in [5.74, 6) is 0.471. The molecule has 0 aliphatic heterocycles. The van der Waals surface area contributed by atoms with E-state index in [1.807, 2.05) is 32.2 Å². The predicted octanol–water partition coefficient (Wildman–Crippen LogP) is 3.93. The molecule has 0 amide bonds. The molecule has 1 aromatic carbocycles. The molecule has 1 rings (SSSR count). The van der Waals surface area contributed by atoms with E-state index in [-0.39, 0.29) is 6.04 Å². The SMILES string of the molecule is CC(CC#N)N(C)c1ccc(Br)cc1CCl. The van der Waals surface area contributed by atoms with Crippen LogP contribution in [0.4, 0.5) is 5.69 Å². The van der Waals surface area contributed by atoms with Crippen LogP contribution in [0.2, 0.25) is 0 Å². The number of anilines is 1. The highest BCUT2D eigenvalue weighted by atomic mass is 79.9. The Balaban J connectivity index is 2.99. The van der Waals surface area contributed by atoms with E-state index in [0.29, 0.717) is 12.3 Å². The molecule has 16 heavy (non-hydrogen) atoms. The molecule has 0 radical (unpaired) electrons. The van der Waals surface area contributed by atoms with Gasteiger partial charge in [0.05, 0.1) is 12.5 Å². The standard InChI is InChI=1S/C12H14BrClN2/c1-9(5-6-15)16(2)12-4-3-11(13)7-10(12)8-14/h3-4,7,9H,5,8H2,1-2H3. The first-order valence-corrected chi connectivity index (χ1v) is 6.37. The van der Waals surface area contributed by atoms with E-state index in [2.05, 4.69) is 26.9 Å². The number of hydrogen-bond donors (Lipinski definition) is 0. The summed E-state index contributed by atoms with van der Waals surface area (Å²) in [5.41, 5.74) is 2.16. The number of benzene rings is 1. The average molecular weight is 302 g/mol. The maximum atomic E-state index is 8.69. The Morgan fingerprint density at radius 1 is 1.56 bits per heavy atom. The summed E-state index contributed by atoms with van der Waals surface area (Å²) < 4.78 is 1.02. The Bertz CT molecular complexity index is 400. The quantitative estimate of drug-likeness (QED) is 0.788. The number of nitriles is 1. The summed E-state index contributed by atoms with van der Waals surface area (Å²) in [4.78, 5) is 2.09. The third kappa shape index (κ3) is 3.13. The molecule has 0 spiro atoms. The molecule has 4 heteroatoms. The molecule has 1 atom stereocenters. The van der Waals surface area contributed by atoms with E-state index < -0.39 is 0 Å². The number of rotatable bonds is 4. The van der Waals surface area contributed by atoms with E-state index in [4.69, 9.17) is 16.9 Å². The molecule has 0 saturated carbocycles. The van der Waals surface area contributed by atoms with Crippen molar-refractivity contribution in [2.24, 2.45) is 0 Å². The summed E-state index contributed by atoms with van der Waals surface area (Å²) in [7, 11) is 1.99. The summed E-state index contributed by atoms with van der Waals surface area (Å²) >= 11 is 9.34. The molecule has 0 aliphatic carbocycles. The van der Waals surface area contributed by atoms with Crippen LogP contribution >= 0.6 is 27.5 Å². The van der Waals surface area contributed by atoms with Gasteiger partial charge in [0, 0.05) is 29.1 Å². The highest BCUT2D eigenvalue weighted by molar-refractivity contribution is 9.10. The smallest absolute Gasteiger partial charge is 0.0643 e. The minimum Gasteiger partial charge on any atom is -0.371 e. The Hall–Kier alpha value is -0.720. The van der Waals surface area contributed by atoms with Crippen LogP contribution in [0.3, 0.4) is 0 Å². The molecule has 0 aliphatic rings. The second-order valence-electron chi connectivity index (χ2n) is 3.73. The molecule has 86 valence electrons. The lowest BCUT2D eigenvalue weighted by molar-refractivity contribution is 0.700. The second kappa shape index (κ2) is 6.12. The lowest BCUT2D eigenvalue weighted by Crippen LogP contribution is -2.29. The van der Waals surface area contributed by atoms with Gasteiger partial charge in [-0.25, -0.2) is 0 Å². The molecule has 0 N–H and O–H groups in total. The van der Waals surface area contributed by atoms with Crippen molar-refractivity contribution < 1.29 is 0 Å². The van der Waals surface area contributed by atoms with Crippen molar-refractivity contribution in [2.75, 3.05) is 11.9 Å². The van der Waals surface area contributed by atoms with Crippen LogP contribution in [0.1, 0.15) is 18.9 Å². The van der Waals surface area contributed by atoms with Gasteiger partial charge >= 0.3 is 0 Å². The minimum atomic E-state index is 0.188. The van der Waals surface area contributed by atoms with Crippen LogP contribution in [0.25, 0.3) is 0 Å². The first-order chi connectivity index (χ1) is 7.60. The highest BCUT2D eigenvalue weighted by Gasteiger charge is 2.13. The van der Waals surface area contributed by atoms with E-state index >= 15 is 0 Å². The molecule has 0 bridgehead atoms. The summed E-state index contributed by atoms with van der Waals surface area (Å²) in [6, 6.07) is 8.39. The van der Waals surface area contributed by atoms with Crippen molar-refractivity contribution in [3.63, 3.8) is 0 Å². The molecular weight excluding hydrogens is 288 g/mol. The van der Waals surface area contributed by atoms with Crippen molar-refractivity contribution >= 4 is 33.2 Å². The van der Waals surface area contributed by atoms with Gasteiger partial charge in [-0.1, -0.05) is 15.9 Å². The van der Waals surface area contributed by atoms with E-state index in [9.17, 15) is 0 Å². The largest absolute Gasteiger partial charge is 0.371 e. The number of halogens is 2. The van der Waals surface area contributed by atoms with Gasteiger partial charge < -0.3 is 4.90 Å². The maximum Gasteiger partial charge on any atom is 0.0643 e. The lowest BCUT2D eigenvalue weighted by atomic mass is 10.1. The summed E-state index contributed by atoms with van der Waals surface area (Å²) in [5, 5.41) is 8.69. The minimum absolute atomic E-state index is 0.188. The number of alkyl halides is 1. The average Bonchev–Trinajstić information content (AvgIpc) is 2.28. The molecule has 0 fully saturated rings. The third-order valence-corrected chi connectivity index (χ3v) is 3.39. The molecule has 0 saturated heterocycles. The van der Waals surface area contributed by atoms with Gasteiger partial charge in [-0.05, 0) is 30.7 Å². The fourth-order valence-electron chi connectivity index (χ4n) is 1.51. The summed E-state index contributed by atoms with van der Waals surface area (Å²) in [6.45, 7) is 2.03. The van der Waals surface area contributed by atoms with Crippen molar-refractivity contribution in [2.45, 2.75) is 25.3 Å². The Kier molecular flexibility index (Phi) is 5.11. The zero-order valence-corrected chi connectivity index (χ0v) is 11.7. The summed E-state index contributed by atoms with van der Waals surface area (Å²) in [6.07, 6.45) is 0.508. The lowest BCUT2D eigenvalue weighted by Gasteiger charge is -2.27. The first-order valence-electron chi connectivity index (χ1n) is 5.04. The van der Waals surface area contributed by atoms with Gasteiger partial charge in [-0.2, -0.15) is 5.26 Å². The van der Waals surface area contributed by atoms with Gasteiger partial charge in [0.15, 0.2) is 0 Å². The van der Waals surface area contributed by atoms with Gasteiger partial charge in [0.25, 0.3) is 0 Å².